The van der Waals surface area contributed by atoms with Crippen molar-refractivity contribution < 1.29 is 9.90 Å². The Morgan fingerprint density at radius 2 is 2.33 bits per heavy atom. The van der Waals surface area contributed by atoms with Crippen LogP contribution in [0.25, 0.3) is 0 Å². The first-order valence-corrected chi connectivity index (χ1v) is 7.31. The van der Waals surface area contributed by atoms with Crippen molar-refractivity contribution in [2.75, 3.05) is 11.9 Å². The average Bonchev–Trinajstić information content (AvgIpc) is 2.96. The van der Waals surface area contributed by atoms with Crippen molar-refractivity contribution in [1.82, 2.24) is 4.98 Å². The molecule has 2 rings (SSSR count). The highest BCUT2D eigenvalue weighted by Gasteiger charge is 2.09. The number of hydrogen-bond donors (Lipinski definition) is 1. The Kier molecular flexibility index (Phi) is 4.33. The number of carboxylic acids is 1. The second-order valence-electron chi connectivity index (χ2n) is 3.95. The van der Waals surface area contributed by atoms with Crippen molar-refractivity contribution in [1.29, 1.82) is 0 Å². The van der Waals surface area contributed by atoms with Gasteiger partial charge >= 0.3 is 5.97 Å². The molecule has 0 radical (unpaired) electrons. The van der Waals surface area contributed by atoms with Gasteiger partial charge in [0.1, 0.15) is 0 Å². The van der Waals surface area contributed by atoms with E-state index in [0.29, 0.717) is 6.42 Å². The van der Waals surface area contributed by atoms with Gasteiger partial charge in [-0.3, -0.25) is 4.79 Å². The third-order valence-electron chi connectivity index (χ3n) is 2.43. The van der Waals surface area contributed by atoms with Crippen molar-refractivity contribution in [2.45, 2.75) is 19.4 Å². The molecule has 4 nitrogen and oxygen atoms in total. The molecule has 1 N–H and O–H groups in total. The number of carbonyl (C=O) groups is 1. The molecule has 2 aromatic rings. The summed E-state index contributed by atoms with van der Waals surface area (Å²) < 4.78 is 0. The van der Waals surface area contributed by atoms with Crippen LogP contribution in [0.5, 0.6) is 0 Å². The largest absolute Gasteiger partial charge is 0.481 e. The monoisotopic (exact) mass is 282 g/mol. The van der Waals surface area contributed by atoms with E-state index in [0.717, 1.165) is 17.4 Å². The minimum atomic E-state index is -0.781. The quantitative estimate of drug-likeness (QED) is 0.885. The first kappa shape index (κ1) is 13.0. The van der Waals surface area contributed by atoms with Gasteiger partial charge in [-0.2, -0.15) is 0 Å². The number of aromatic nitrogens is 1. The van der Waals surface area contributed by atoms with Gasteiger partial charge < -0.3 is 10.0 Å². The van der Waals surface area contributed by atoms with E-state index in [4.69, 9.17) is 5.11 Å². The number of thiophene rings is 1. The molecular weight excluding hydrogens is 268 g/mol. The molecule has 18 heavy (non-hydrogen) atoms. The molecule has 0 amide bonds. The number of aryl methyl sites for hydroxylation is 1. The van der Waals surface area contributed by atoms with Gasteiger partial charge in [0.05, 0.1) is 18.7 Å². The summed E-state index contributed by atoms with van der Waals surface area (Å²) in [5, 5.41) is 13.6. The van der Waals surface area contributed by atoms with Gasteiger partial charge in [0.25, 0.3) is 0 Å². The molecule has 0 saturated carbocycles. The van der Waals surface area contributed by atoms with Gasteiger partial charge in [0.15, 0.2) is 5.13 Å². The summed E-state index contributed by atoms with van der Waals surface area (Å²) in [6, 6.07) is 4.13. The first-order chi connectivity index (χ1) is 8.65. The molecule has 6 heteroatoms. The Hall–Kier alpha value is -1.40. The zero-order chi connectivity index (χ0) is 13.0. The van der Waals surface area contributed by atoms with E-state index in [2.05, 4.69) is 21.3 Å². The Bertz CT molecular complexity index is 508. The first-order valence-electron chi connectivity index (χ1n) is 5.55. The highest BCUT2D eigenvalue weighted by molar-refractivity contribution is 7.13. The molecule has 96 valence electrons. The summed E-state index contributed by atoms with van der Waals surface area (Å²) in [5.41, 5.74) is 0.857. The second kappa shape index (κ2) is 5.97. The maximum atomic E-state index is 10.5. The molecule has 0 aliphatic rings. The third kappa shape index (κ3) is 3.54. The minimum absolute atomic E-state index is 0.137. The predicted molar refractivity (Wildman–Crippen MR) is 74.5 cm³/mol. The maximum Gasteiger partial charge on any atom is 0.303 e. The molecule has 0 aliphatic carbocycles. The van der Waals surface area contributed by atoms with Crippen molar-refractivity contribution in [3.05, 3.63) is 33.5 Å². The van der Waals surface area contributed by atoms with E-state index in [1.807, 2.05) is 18.5 Å². The summed E-state index contributed by atoms with van der Waals surface area (Å²) in [4.78, 5) is 18.3. The number of carboxylic acid groups (broad SMARTS) is 1. The lowest BCUT2D eigenvalue weighted by molar-refractivity contribution is -0.136. The second-order valence-corrected chi connectivity index (χ2v) is 5.82. The zero-order valence-corrected chi connectivity index (χ0v) is 11.6. The van der Waals surface area contributed by atoms with Crippen LogP contribution < -0.4 is 4.90 Å². The van der Waals surface area contributed by atoms with Crippen LogP contribution in [-0.2, 0) is 17.8 Å². The summed E-state index contributed by atoms with van der Waals surface area (Å²) in [7, 11) is 2.00. The van der Waals surface area contributed by atoms with E-state index in [1.54, 1.807) is 22.7 Å². The smallest absolute Gasteiger partial charge is 0.303 e. The van der Waals surface area contributed by atoms with Crippen molar-refractivity contribution in [3.8, 4) is 0 Å². The maximum absolute atomic E-state index is 10.5. The van der Waals surface area contributed by atoms with Gasteiger partial charge in [-0.05, 0) is 11.4 Å². The Balaban J connectivity index is 1.94. The molecule has 2 aromatic heterocycles. The number of nitrogens with zero attached hydrogens (tertiary/aromatic N) is 2. The summed E-state index contributed by atoms with van der Waals surface area (Å²) in [6.45, 7) is 0.837. The molecule has 0 aromatic carbocycles. The van der Waals surface area contributed by atoms with E-state index in [9.17, 15) is 4.79 Å². The number of hydrogen-bond acceptors (Lipinski definition) is 5. The minimum Gasteiger partial charge on any atom is -0.481 e. The zero-order valence-electron chi connectivity index (χ0n) is 10.00. The number of rotatable bonds is 6. The fourth-order valence-corrected chi connectivity index (χ4v) is 3.11. The van der Waals surface area contributed by atoms with Crippen LogP contribution in [0, 0.1) is 0 Å². The van der Waals surface area contributed by atoms with Crippen LogP contribution in [0.1, 0.15) is 17.0 Å². The summed E-state index contributed by atoms with van der Waals surface area (Å²) >= 11 is 3.28. The van der Waals surface area contributed by atoms with Crippen molar-refractivity contribution >= 4 is 33.8 Å². The normalized spacial score (nSPS) is 10.5. The lowest BCUT2D eigenvalue weighted by atomic mass is 10.2. The van der Waals surface area contributed by atoms with Gasteiger partial charge in [0.2, 0.25) is 0 Å². The third-order valence-corrected chi connectivity index (χ3v) is 4.30. The van der Waals surface area contributed by atoms with E-state index >= 15 is 0 Å². The highest BCUT2D eigenvalue weighted by Crippen LogP contribution is 2.22. The fraction of sp³-hybridized carbons (Fsp3) is 0.333. The van der Waals surface area contributed by atoms with Crippen LogP contribution in [0.4, 0.5) is 5.13 Å². The Labute approximate surface area is 114 Å². The van der Waals surface area contributed by atoms with Gasteiger partial charge in [0, 0.05) is 23.7 Å². The fourth-order valence-electron chi connectivity index (χ4n) is 1.53. The van der Waals surface area contributed by atoms with Crippen LogP contribution in [0.2, 0.25) is 0 Å². The average molecular weight is 282 g/mol. The van der Waals surface area contributed by atoms with Gasteiger partial charge in [-0.1, -0.05) is 6.07 Å². The van der Waals surface area contributed by atoms with E-state index in [1.165, 1.54) is 4.88 Å². The lowest BCUT2D eigenvalue weighted by Gasteiger charge is -2.13. The number of anilines is 1. The molecule has 0 spiro atoms. The number of aliphatic carboxylic acids is 1. The van der Waals surface area contributed by atoms with E-state index < -0.39 is 5.97 Å². The standard InChI is InChI=1S/C12H14N2O2S2/c1-14(7-10-3-2-6-17-10)12-13-9(8-18-12)4-5-11(15)16/h2-3,6,8H,4-5,7H2,1H3,(H,15,16). The molecule has 0 bridgehead atoms. The Morgan fingerprint density at radius 3 is 3.00 bits per heavy atom. The molecule has 0 unspecified atom stereocenters. The summed E-state index contributed by atoms with van der Waals surface area (Å²) in [6.07, 6.45) is 0.635. The van der Waals surface area contributed by atoms with Crippen LogP contribution in [-0.4, -0.2) is 23.1 Å². The Morgan fingerprint density at radius 1 is 1.50 bits per heavy atom. The van der Waals surface area contributed by atoms with E-state index in [-0.39, 0.29) is 6.42 Å². The predicted octanol–water partition coefficient (Wildman–Crippen LogP) is 2.86. The lowest BCUT2D eigenvalue weighted by Crippen LogP contribution is -2.15. The SMILES string of the molecule is CN(Cc1cccs1)c1nc(CCC(=O)O)cs1. The molecule has 2 heterocycles. The molecule has 0 atom stereocenters. The van der Waals surface area contributed by atoms with Crippen LogP contribution in [0.15, 0.2) is 22.9 Å². The topological polar surface area (TPSA) is 53.4 Å². The highest BCUT2D eigenvalue weighted by atomic mass is 32.1. The van der Waals surface area contributed by atoms with Crippen LogP contribution in [0.3, 0.4) is 0 Å². The number of thiazole rings is 1. The van der Waals surface area contributed by atoms with Gasteiger partial charge in [-0.15, -0.1) is 22.7 Å². The molecule has 0 aliphatic heterocycles. The van der Waals surface area contributed by atoms with Crippen molar-refractivity contribution in [2.24, 2.45) is 0 Å². The molecule has 0 fully saturated rings. The van der Waals surface area contributed by atoms with Crippen LogP contribution >= 0.6 is 22.7 Å². The summed E-state index contributed by atoms with van der Waals surface area (Å²) in [5.74, 6) is -0.781. The molecule has 0 saturated heterocycles. The molecular formula is C12H14N2O2S2. The van der Waals surface area contributed by atoms with Gasteiger partial charge in [-0.25, -0.2) is 4.98 Å². The van der Waals surface area contributed by atoms with Crippen molar-refractivity contribution in [3.63, 3.8) is 0 Å².